The van der Waals surface area contributed by atoms with Crippen molar-refractivity contribution >= 4 is 5.91 Å². The third-order valence-corrected chi connectivity index (χ3v) is 2.92. The van der Waals surface area contributed by atoms with Crippen LogP contribution in [-0.2, 0) is 0 Å². The molecule has 2 aromatic rings. The van der Waals surface area contributed by atoms with E-state index in [-0.39, 0.29) is 11.9 Å². The van der Waals surface area contributed by atoms with E-state index >= 15 is 0 Å². The molecule has 2 aromatic carbocycles. The largest absolute Gasteiger partial charge is 0.346 e. The van der Waals surface area contributed by atoms with E-state index in [4.69, 9.17) is 5.26 Å². The lowest BCUT2D eigenvalue weighted by Gasteiger charge is -2.14. The van der Waals surface area contributed by atoms with Gasteiger partial charge in [-0.1, -0.05) is 30.3 Å². The van der Waals surface area contributed by atoms with Gasteiger partial charge in [0.05, 0.1) is 17.7 Å². The number of nitriles is 1. The monoisotopic (exact) mass is 250 g/mol. The first kappa shape index (κ1) is 12.8. The molecule has 0 aliphatic heterocycles. The molecule has 1 N–H and O–H groups in total. The lowest BCUT2D eigenvalue weighted by Crippen LogP contribution is -2.26. The van der Waals surface area contributed by atoms with Crippen LogP contribution < -0.4 is 5.32 Å². The molecular weight excluding hydrogens is 236 g/mol. The zero-order valence-electron chi connectivity index (χ0n) is 10.6. The number of hydrogen-bond acceptors (Lipinski definition) is 2. The third-order valence-electron chi connectivity index (χ3n) is 2.92. The lowest BCUT2D eigenvalue weighted by atomic mass is 10.1. The molecule has 0 heterocycles. The summed E-state index contributed by atoms with van der Waals surface area (Å²) in [6.07, 6.45) is 0. The zero-order chi connectivity index (χ0) is 13.7. The van der Waals surface area contributed by atoms with E-state index in [1.54, 1.807) is 24.3 Å². The summed E-state index contributed by atoms with van der Waals surface area (Å²) in [5.41, 5.74) is 2.17. The Hall–Kier alpha value is -2.60. The van der Waals surface area contributed by atoms with Gasteiger partial charge in [-0.15, -0.1) is 0 Å². The molecule has 0 spiro atoms. The van der Waals surface area contributed by atoms with Gasteiger partial charge in [-0.2, -0.15) is 5.26 Å². The number of nitrogens with one attached hydrogen (secondary N) is 1. The number of benzene rings is 2. The predicted molar refractivity (Wildman–Crippen MR) is 73.5 cm³/mol. The van der Waals surface area contributed by atoms with E-state index in [2.05, 4.69) is 5.32 Å². The van der Waals surface area contributed by atoms with Gasteiger partial charge in [0.15, 0.2) is 0 Å². The minimum absolute atomic E-state index is 0.0515. The Kier molecular flexibility index (Phi) is 3.94. The Bertz CT molecular complexity index is 597. The number of rotatable bonds is 3. The van der Waals surface area contributed by atoms with Gasteiger partial charge in [0.2, 0.25) is 0 Å². The SMILES string of the molecule is CC(NC(=O)c1ccc(C#N)cc1)c1ccccc1. The minimum atomic E-state index is -0.138. The van der Waals surface area contributed by atoms with Crippen LogP contribution in [0.5, 0.6) is 0 Å². The molecule has 0 bridgehead atoms. The fraction of sp³-hybridized carbons (Fsp3) is 0.125. The molecule has 0 saturated carbocycles. The van der Waals surface area contributed by atoms with Crippen LogP contribution in [-0.4, -0.2) is 5.91 Å². The van der Waals surface area contributed by atoms with Crippen LogP contribution in [0.2, 0.25) is 0 Å². The smallest absolute Gasteiger partial charge is 0.251 e. The second-order valence-corrected chi connectivity index (χ2v) is 4.29. The molecule has 3 nitrogen and oxygen atoms in total. The molecule has 2 rings (SSSR count). The molecule has 0 saturated heterocycles. The molecule has 1 unspecified atom stereocenters. The van der Waals surface area contributed by atoms with Gasteiger partial charge in [-0.05, 0) is 36.8 Å². The van der Waals surface area contributed by atoms with Crippen molar-refractivity contribution in [3.05, 3.63) is 71.3 Å². The van der Waals surface area contributed by atoms with Crippen molar-refractivity contribution in [2.75, 3.05) is 0 Å². The summed E-state index contributed by atoms with van der Waals surface area (Å²) in [6, 6.07) is 18.4. The van der Waals surface area contributed by atoms with Crippen LogP contribution in [0.4, 0.5) is 0 Å². The van der Waals surface area contributed by atoms with E-state index in [9.17, 15) is 4.79 Å². The van der Waals surface area contributed by atoms with Gasteiger partial charge in [-0.25, -0.2) is 0 Å². The van der Waals surface area contributed by atoms with Crippen molar-refractivity contribution < 1.29 is 4.79 Å². The first-order valence-electron chi connectivity index (χ1n) is 6.06. The quantitative estimate of drug-likeness (QED) is 0.910. The molecule has 0 fully saturated rings. The fourth-order valence-electron chi connectivity index (χ4n) is 1.80. The van der Waals surface area contributed by atoms with Crippen LogP contribution in [0.3, 0.4) is 0 Å². The normalized spacial score (nSPS) is 11.4. The minimum Gasteiger partial charge on any atom is -0.346 e. The van der Waals surface area contributed by atoms with Gasteiger partial charge in [-0.3, -0.25) is 4.79 Å². The molecule has 0 aliphatic carbocycles. The number of carbonyl (C=O) groups excluding carboxylic acids is 1. The van der Waals surface area contributed by atoms with E-state index in [1.807, 2.05) is 43.3 Å². The number of nitrogens with zero attached hydrogens (tertiary/aromatic N) is 1. The average Bonchev–Trinajstić information content (AvgIpc) is 2.48. The van der Waals surface area contributed by atoms with Gasteiger partial charge in [0.1, 0.15) is 0 Å². The van der Waals surface area contributed by atoms with Crippen molar-refractivity contribution in [2.45, 2.75) is 13.0 Å². The predicted octanol–water partition coefficient (Wildman–Crippen LogP) is 3.05. The Morgan fingerprint density at radius 3 is 2.32 bits per heavy atom. The van der Waals surface area contributed by atoms with Gasteiger partial charge < -0.3 is 5.32 Å². The van der Waals surface area contributed by atoms with Crippen molar-refractivity contribution in [1.82, 2.24) is 5.32 Å². The van der Waals surface area contributed by atoms with Crippen LogP contribution in [0.25, 0.3) is 0 Å². The lowest BCUT2D eigenvalue weighted by molar-refractivity contribution is 0.0940. The maximum atomic E-state index is 12.0. The topological polar surface area (TPSA) is 52.9 Å². The molecular formula is C16H14N2O. The highest BCUT2D eigenvalue weighted by Crippen LogP contribution is 2.12. The standard InChI is InChI=1S/C16H14N2O/c1-12(14-5-3-2-4-6-14)18-16(19)15-9-7-13(11-17)8-10-15/h2-10,12H,1H3,(H,18,19). The molecule has 94 valence electrons. The molecule has 1 atom stereocenters. The maximum Gasteiger partial charge on any atom is 0.251 e. The number of amides is 1. The summed E-state index contributed by atoms with van der Waals surface area (Å²) < 4.78 is 0. The van der Waals surface area contributed by atoms with E-state index < -0.39 is 0 Å². The van der Waals surface area contributed by atoms with Gasteiger partial charge in [0, 0.05) is 5.56 Å². The second kappa shape index (κ2) is 5.83. The Morgan fingerprint density at radius 2 is 1.74 bits per heavy atom. The van der Waals surface area contributed by atoms with Crippen LogP contribution >= 0.6 is 0 Å². The third kappa shape index (κ3) is 3.20. The molecule has 0 radical (unpaired) electrons. The highest BCUT2D eigenvalue weighted by molar-refractivity contribution is 5.94. The Balaban J connectivity index is 2.06. The first-order valence-corrected chi connectivity index (χ1v) is 6.06. The summed E-state index contributed by atoms with van der Waals surface area (Å²) in [6.45, 7) is 1.94. The van der Waals surface area contributed by atoms with Gasteiger partial charge >= 0.3 is 0 Å². The fourth-order valence-corrected chi connectivity index (χ4v) is 1.80. The molecule has 3 heteroatoms. The summed E-state index contributed by atoms with van der Waals surface area (Å²) in [5, 5.41) is 11.6. The second-order valence-electron chi connectivity index (χ2n) is 4.29. The van der Waals surface area contributed by atoms with Crippen LogP contribution in [0.15, 0.2) is 54.6 Å². The molecule has 0 aliphatic rings. The van der Waals surface area contributed by atoms with E-state index in [1.165, 1.54) is 0 Å². The van der Waals surface area contributed by atoms with Crippen LogP contribution in [0.1, 0.15) is 34.5 Å². The van der Waals surface area contributed by atoms with E-state index in [0.29, 0.717) is 11.1 Å². The summed E-state index contributed by atoms with van der Waals surface area (Å²) in [4.78, 5) is 12.0. The number of hydrogen-bond donors (Lipinski definition) is 1. The first-order chi connectivity index (χ1) is 9.20. The number of carbonyl (C=O) groups is 1. The summed E-state index contributed by atoms with van der Waals surface area (Å²) >= 11 is 0. The van der Waals surface area contributed by atoms with Gasteiger partial charge in [0.25, 0.3) is 5.91 Å². The van der Waals surface area contributed by atoms with Crippen molar-refractivity contribution in [2.24, 2.45) is 0 Å². The Morgan fingerprint density at radius 1 is 1.11 bits per heavy atom. The molecule has 0 aromatic heterocycles. The average molecular weight is 250 g/mol. The zero-order valence-corrected chi connectivity index (χ0v) is 10.6. The highest BCUT2D eigenvalue weighted by Gasteiger charge is 2.10. The Labute approximate surface area is 112 Å². The summed E-state index contributed by atoms with van der Waals surface area (Å²) in [5.74, 6) is -0.138. The summed E-state index contributed by atoms with van der Waals surface area (Å²) in [7, 11) is 0. The van der Waals surface area contributed by atoms with E-state index in [0.717, 1.165) is 5.56 Å². The molecule has 19 heavy (non-hydrogen) atoms. The molecule has 1 amide bonds. The van der Waals surface area contributed by atoms with Crippen molar-refractivity contribution in [3.8, 4) is 6.07 Å². The van der Waals surface area contributed by atoms with Crippen molar-refractivity contribution in [3.63, 3.8) is 0 Å². The van der Waals surface area contributed by atoms with Crippen LogP contribution in [0, 0.1) is 11.3 Å². The maximum absolute atomic E-state index is 12.0. The highest BCUT2D eigenvalue weighted by atomic mass is 16.1. The van der Waals surface area contributed by atoms with Crippen molar-refractivity contribution in [1.29, 1.82) is 5.26 Å².